The zero-order valence-electron chi connectivity index (χ0n) is 11.5. The van der Waals surface area contributed by atoms with Crippen molar-refractivity contribution in [1.29, 1.82) is 0 Å². The highest BCUT2D eigenvalue weighted by atomic mass is 32.1. The number of aryl methyl sites for hydroxylation is 1. The van der Waals surface area contributed by atoms with Gasteiger partial charge in [-0.25, -0.2) is 0 Å². The standard InChI is InChI=1S/C16H19NO2S/c1-2-12-3-5-13(6-4-12)9-16(19)17-10-15(18)14-7-8-20-11-14/h3-8,11,15,18H,2,9-10H2,1H3,(H,17,19)/t15-/m1/s1. The molecule has 2 N–H and O–H groups in total. The summed E-state index contributed by atoms with van der Waals surface area (Å²) in [6.45, 7) is 2.36. The molecule has 1 aromatic heterocycles. The number of thiophene rings is 1. The molecule has 106 valence electrons. The van der Waals surface area contributed by atoms with Crippen LogP contribution in [0, 0.1) is 0 Å². The molecule has 1 heterocycles. The highest BCUT2D eigenvalue weighted by Gasteiger charge is 2.10. The molecule has 20 heavy (non-hydrogen) atoms. The van der Waals surface area contributed by atoms with Crippen LogP contribution in [0.25, 0.3) is 0 Å². The number of hydrogen-bond donors (Lipinski definition) is 2. The van der Waals surface area contributed by atoms with E-state index in [1.165, 1.54) is 16.9 Å². The monoisotopic (exact) mass is 289 g/mol. The van der Waals surface area contributed by atoms with E-state index in [4.69, 9.17) is 0 Å². The second kappa shape index (κ2) is 7.22. The van der Waals surface area contributed by atoms with E-state index in [9.17, 15) is 9.90 Å². The Bertz CT molecular complexity index is 534. The summed E-state index contributed by atoms with van der Waals surface area (Å²) in [6, 6.07) is 9.91. The van der Waals surface area contributed by atoms with Gasteiger partial charge in [0.2, 0.25) is 5.91 Å². The van der Waals surface area contributed by atoms with Gasteiger partial charge in [-0.05, 0) is 39.9 Å². The first-order valence-electron chi connectivity index (χ1n) is 6.73. The van der Waals surface area contributed by atoms with Crippen LogP contribution >= 0.6 is 11.3 Å². The molecule has 0 saturated heterocycles. The Hall–Kier alpha value is -1.65. The lowest BCUT2D eigenvalue weighted by atomic mass is 10.1. The van der Waals surface area contributed by atoms with Crippen molar-refractivity contribution in [3.05, 3.63) is 57.8 Å². The van der Waals surface area contributed by atoms with Crippen molar-refractivity contribution in [1.82, 2.24) is 5.32 Å². The number of carbonyl (C=O) groups excluding carboxylic acids is 1. The first-order chi connectivity index (χ1) is 9.69. The molecule has 3 nitrogen and oxygen atoms in total. The smallest absolute Gasteiger partial charge is 0.224 e. The van der Waals surface area contributed by atoms with E-state index in [0.717, 1.165) is 17.5 Å². The van der Waals surface area contributed by atoms with Crippen molar-refractivity contribution in [2.24, 2.45) is 0 Å². The van der Waals surface area contributed by atoms with Crippen LogP contribution in [0.4, 0.5) is 0 Å². The predicted octanol–water partition coefficient (Wildman–Crippen LogP) is 2.70. The number of hydrogen-bond acceptors (Lipinski definition) is 3. The Kier molecular flexibility index (Phi) is 5.32. The van der Waals surface area contributed by atoms with E-state index >= 15 is 0 Å². The summed E-state index contributed by atoms with van der Waals surface area (Å²) < 4.78 is 0. The number of amides is 1. The average molecular weight is 289 g/mol. The fourth-order valence-corrected chi connectivity index (χ4v) is 2.64. The van der Waals surface area contributed by atoms with Crippen molar-refractivity contribution < 1.29 is 9.90 Å². The Morgan fingerprint density at radius 1 is 1.25 bits per heavy atom. The molecule has 0 saturated carbocycles. The van der Waals surface area contributed by atoms with Crippen LogP contribution in [0.5, 0.6) is 0 Å². The molecule has 0 spiro atoms. The van der Waals surface area contributed by atoms with E-state index < -0.39 is 6.10 Å². The van der Waals surface area contributed by atoms with Gasteiger partial charge in [-0.3, -0.25) is 4.79 Å². The maximum atomic E-state index is 11.8. The van der Waals surface area contributed by atoms with E-state index in [1.807, 2.05) is 41.1 Å². The molecule has 0 fully saturated rings. The van der Waals surface area contributed by atoms with Crippen molar-refractivity contribution in [3.63, 3.8) is 0 Å². The molecular weight excluding hydrogens is 270 g/mol. The maximum Gasteiger partial charge on any atom is 0.224 e. The van der Waals surface area contributed by atoms with Crippen LogP contribution in [0.3, 0.4) is 0 Å². The third kappa shape index (κ3) is 4.18. The SMILES string of the molecule is CCc1ccc(CC(=O)NC[C@@H](O)c2ccsc2)cc1. The van der Waals surface area contributed by atoms with Crippen LogP contribution in [-0.2, 0) is 17.6 Å². The molecule has 0 aliphatic rings. The minimum absolute atomic E-state index is 0.0662. The molecule has 2 rings (SSSR count). The summed E-state index contributed by atoms with van der Waals surface area (Å²) in [7, 11) is 0. The lowest BCUT2D eigenvalue weighted by molar-refractivity contribution is -0.120. The van der Waals surface area contributed by atoms with Gasteiger partial charge in [0.1, 0.15) is 0 Å². The quantitative estimate of drug-likeness (QED) is 0.859. The fraction of sp³-hybridized carbons (Fsp3) is 0.312. The zero-order valence-corrected chi connectivity index (χ0v) is 12.3. The predicted molar refractivity (Wildman–Crippen MR) is 81.8 cm³/mol. The molecule has 1 aromatic carbocycles. The highest BCUT2D eigenvalue weighted by Crippen LogP contribution is 2.15. The first kappa shape index (κ1) is 14.8. The third-order valence-corrected chi connectivity index (χ3v) is 3.92. The summed E-state index contributed by atoms with van der Waals surface area (Å²) in [5.41, 5.74) is 3.11. The minimum atomic E-state index is -0.632. The van der Waals surface area contributed by atoms with Crippen LogP contribution in [-0.4, -0.2) is 17.6 Å². The molecule has 0 aliphatic carbocycles. The lowest BCUT2D eigenvalue weighted by Gasteiger charge is -2.10. The Morgan fingerprint density at radius 2 is 1.95 bits per heavy atom. The van der Waals surface area contributed by atoms with Crippen LogP contribution in [0.15, 0.2) is 41.1 Å². The van der Waals surface area contributed by atoms with Gasteiger partial charge in [0.15, 0.2) is 0 Å². The molecule has 0 bridgehead atoms. The Balaban J connectivity index is 1.80. The summed E-state index contributed by atoms with van der Waals surface area (Å²) in [6.07, 6.45) is 0.715. The molecule has 1 atom stereocenters. The zero-order chi connectivity index (χ0) is 14.4. The van der Waals surface area contributed by atoms with Crippen molar-refractivity contribution in [3.8, 4) is 0 Å². The Morgan fingerprint density at radius 3 is 2.55 bits per heavy atom. The summed E-state index contributed by atoms with van der Waals surface area (Å²) in [5.74, 6) is -0.0662. The number of benzene rings is 1. The topological polar surface area (TPSA) is 49.3 Å². The number of nitrogens with one attached hydrogen (secondary N) is 1. The third-order valence-electron chi connectivity index (χ3n) is 3.22. The summed E-state index contributed by atoms with van der Waals surface area (Å²) >= 11 is 1.54. The van der Waals surface area contributed by atoms with Gasteiger partial charge in [0.05, 0.1) is 12.5 Å². The van der Waals surface area contributed by atoms with E-state index in [2.05, 4.69) is 12.2 Å². The van der Waals surface area contributed by atoms with E-state index in [0.29, 0.717) is 6.42 Å². The molecule has 0 unspecified atom stereocenters. The first-order valence-corrected chi connectivity index (χ1v) is 7.68. The molecule has 1 amide bonds. The van der Waals surface area contributed by atoms with Gasteiger partial charge in [-0.1, -0.05) is 31.2 Å². The van der Waals surface area contributed by atoms with Gasteiger partial charge in [-0.2, -0.15) is 11.3 Å². The molecule has 2 aromatic rings. The number of aliphatic hydroxyl groups excluding tert-OH is 1. The van der Waals surface area contributed by atoms with Crippen molar-refractivity contribution in [2.45, 2.75) is 25.9 Å². The Labute approximate surface area is 123 Å². The average Bonchev–Trinajstić information content (AvgIpc) is 3.00. The normalized spacial score (nSPS) is 12.1. The fourth-order valence-electron chi connectivity index (χ4n) is 1.93. The second-order valence-electron chi connectivity index (χ2n) is 4.72. The molecule has 0 radical (unpaired) electrons. The minimum Gasteiger partial charge on any atom is -0.387 e. The van der Waals surface area contributed by atoms with E-state index in [-0.39, 0.29) is 12.5 Å². The van der Waals surface area contributed by atoms with Gasteiger partial charge >= 0.3 is 0 Å². The summed E-state index contributed by atoms with van der Waals surface area (Å²) in [4.78, 5) is 11.8. The number of aliphatic hydroxyl groups is 1. The van der Waals surface area contributed by atoms with Crippen LogP contribution in [0.2, 0.25) is 0 Å². The molecule has 0 aliphatic heterocycles. The number of rotatable bonds is 6. The van der Waals surface area contributed by atoms with Crippen molar-refractivity contribution >= 4 is 17.2 Å². The molecular formula is C16H19NO2S. The van der Waals surface area contributed by atoms with Crippen LogP contribution in [0.1, 0.15) is 29.7 Å². The van der Waals surface area contributed by atoms with Gasteiger partial charge in [-0.15, -0.1) is 0 Å². The molecule has 4 heteroatoms. The number of carbonyl (C=O) groups is 1. The van der Waals surface area contributed by atoms with Gasteiger partial charge in [0.25, 0.3) is 0 Å². The van der Waals surface area contributed by atoms with Crippen LogP contribution < -0.4 is 5.32 Å². The summed E-state index contributed by atoms with van der Waals surface area (Å²) in [5, 5.41) is 16.4. The van der Waals surface area contributed by atoms with Crippen molar-refractivity contribution in [2.75, 3.05) is 6.54 Å². The lowest BCUT2D eigenvalue weighted by Crippen LogP contribution is -2.29. The highest BCUT2D eigenvalue weighted by molar-refractivity contribution is 7.07. The van der Waals surface area contributed by atoms with Gasteiger partial charge < -0.3 is 10.4 Å². The van der Waals surface area contributed by atoms with Gasteiger partial charge in [0, 0.05) is 6.54 Å². The second-order valence-corrected chi connectivity index (χ2v) is 5.50. The maximum absolute atomic E-state index is 11.8. The largest absolute Gasteiger partial charge is 0.387 e. The van der Waals surface area contributed by atoms with E-state index in [1.54, 1.807) is 0 Å².